The van der Waals surface area contributed by atoms with Gasteiger partial charge in [-0.1, -0.05) is 32.1 Å². The summed E-state index contributed by atoms with van der Waals surface area (Å²) in [5.74, 6) is 0.782. The van der Waals surface area contributed by atoms with Crippen molar-refractivity contribution in [3.8, 4) is 0 Å². The lowest BCUT2D eigenvalue weighted by atomic mass is 9.87. The van der Waals surface area contributed by atoms with Crippen molar-refractivity contribution in [1.29, 1.82) is 0 Å². The van der Waals surface area contributed by atoms with Crippen LogP contribution in [0.15, 0.2) is 0 Å². The van der Waals surface area contributed by atoms with Crippen LogP contribution in [0.1, 0.15) is 51.4 Å². The molecule has 1 aliphatic carbocycles. The van der Waals surface area contributed by atoms with Gasteiger partial charge in [0, 0.05) is 0 Å². The van der Waals surface area contributed by atoms with Gasteiger partial charge in [0.2, 0.25) is 5.91 Å². The highest BCUT2D eigenvalue weighted by Gasteiger charge is 2.29. The first-order chi connectivity index (χ1) is 7.77. The standard InChI is InChI=1S/C13H24N2O/c14-13(16)12-7-4-9-15(12)10-8-11-5-2-1-3-6-11/h11-12H,1-10H2,(H2,14,16)/t12-/m1/s1. The molecule has 0 aromatic rings. The molecular weight excluding hydrogens is 200 g/mol. The van der Waals surface area contributed by atoms with E-state index < -0.39 is 0 Å². The number of hydrogen-bond donors (Lipinski definition) is 1. The summed E-state index contributed by atoms with van der Waals surface area (Å²) in [5, 5.41) is 0. The van der Waals surface area contributed by atoms with Crippen LogP contribution in [0, 0.1) is 5.92 Å². The Morgan fingerprint density at radius 3 is 2.56 bits per heavy atom. The van der Waals surface area contributed by atoms with Gasteiger partial charge in [0.1, 0.15) is 0 Å². The first-order valence-corrected chi connectivity index (χ1v) is 6.81. The van der Waals surface area contributed by atoms with Crippen LogP contribution in [0.4, 0.5) is 0 Å². The molecule has 2 rings (SSSR count). The molecule has 1 saturated heterocycles. The zero-order valence-electron chi connectivity index (χ0n) is 10.2. The van der Waals surface area contributed by atoms with Crippen LogP contribution in [0.2, 0.25) is 0 Å². The molecule has 1 aliphatic heterocycles. The summed E-state index contributed by atoms with van der Waals surface area (Å²) in [6.07, 6.45) is 10.4. The van der Waals surface area contributed by atoms with E-state index in [1.54, 1.807) is 0 Å². The molecule has 0 bridgehead atoms. The van der Waals surface area contributed by atoms with Crippen LogP contribution in [-0.4, -0.2) is 29.9 Å². The third-order valence-electron chi connectivity index (χ3n) is 4.24. The van der Waals surface area contributed by atoms with Gasteiger partial charge in [0.15, 0.2) is 0 Å². The van der Waals surface area contributed by atoms with E-state index in [1.807, 2.05) is 0 Å². The lowest BCUT2D eigenvalue weighted by molar-refractivity contribution is -0.122. The van der Waals surface area contributed by atoms with Gasteiger partial charge in [-0.05, 0) is 38.3 Å². The SMILES string of the molecule is NC(=O)[C@H]1CCCN1CCC1CCCCC1. The topological polar surface area (TPSA) is 46.3 Å². The Labute approximate surface area is 98.4 Å². The van der Waals surface area contributed by atoms with E-state index in [1.165, 1.54) is 38.5 Å². The summed E-state index contributed by atoms with van der Waals surface area (Å²) in [4.78, 5) is 13.5. The molecule has 0 aromatic carbocycles. The number of primary amides is 1. The normalized spacial score (nSPS) is 28.4. The summed E-state index contributed by atoms with van der Waals surface area (Å²) in [6.45, 7) is 2.15. The number of carbonyl (C=O) groups is 1. The Morgan fingerprint density at radius 1 is 1.12 bits per heavy atom. The van der Waals surface area contributed by atoms with E-state index in [-0.39, 0.29) is 11.9 Å². The third-order valence-corrected chi connectivity index (χ3v) is 4.24. The van der Waals surface area contributed by atoms with Crippen molar-refractivity contribution in [2.75, 3.05) is 13.1 Å². The minimum absolute atomic E-state index is 0.0311. The molecule has 1 saturated carbocycles. The van der Waals surface area contributed by atoms with Gasteiger partial charge < -0.3 is 5.73 Å². The van der Waals surface area contributed by atoms with E-state index in [0.29, 0.717) is 0 Å². The molecule has 0 radical (unpaired) electrons. The number of nitrogens with zero attached hydrogens (tertiary/aromatic N) is 1. The predicted molar refractivity (Wildman–Crippen MR) is 65.0 cm³/mol. The van der Waals surface area contributed by atoms with E-state index in [9.17, 15) is 4.79 Å². The zero-order chi connectivity index (χ0) is 11.4. The van der Waals surface area contributed by atoms with Crippen molar-refractivity contribution >= 4 is 5.91 Å². The van der Waals surface area contributed by atoms with Gasteiger partial charge in [-0.2, -0.15) is 0 Å². The summed E-state index contributed by atoms with van der Waals surface area (Å²) < 4.78 is 0. The Bertz CT molecular complexity index is 236. The Morgan fingerprint density at radius 2 is 1.88 bits per heavy atom. The molecular formula is C13H24N2O. The molecule has 3 heteroatoms. The number of hydrogen-bond acceptors (Lipinski definition) is 2. The number of likely N-dealkylation sites (tertiary alicyclic amines) is 1. The maximum absolute atomic E-state index is 11.2. The summed E-state index contributed by atoms with van der Waals surface area (Å²) in [5.41, 5.74) is 5.42. The third kappa shape index (κ3) is 2.97. The molecule has 1 atom stereocenters. The number of nitrogens with two attached hydrogens (primary N) is 1. The van der Waals surface area contributed by atoms with Gasteiger partial charge in [-0.25, -0.2) is 0 Å². The molecule has 16 heavy (non-hydrogen) atoms. The van der Waals surface area contributed by atoms with Gasteiger partial charge in [-0.15, -0.1) is 0 Å². The highest BCUT2D eigenvalue weighted by molar-refractivity contribution is 5.80. The first kappa shape index (κ1) is 11.9. The summed E-state index contributed by atoms with van der Waals surface area (Å²) in [7, 11) is 0. The quantitative estimate of drug-likeness (QED) is 0.793. The maximum Gasteiger partial charge on any atom is 0.234 e. The van der Waals surface area contributed by atoms with Crippen LogP contribution in [0.5, 0.6) is 0 Å². The molecule has 2 N–H and O–H groups in total. The van der Waals surface area contributed by atoms with Crippen molar-refractivity contribution in [2.24, 2.45) is 11.7 Å². The second-order valence-corrected chi connectivity index (χ2v) is 5.39. The van der Waals surface area contributed by atoms with Crippen molar-refractivity contribution in [3.63, 3.8) is 0 Å². The van der Waals surface area contributed by atoms with Crippen molar-refractivity contribution in [3.05, 3.63) is 0 Å². The molecule has 1 heterocycles. The average Bonchev–Trinajstić information content (AvgIpc) is 2.76. The first-order valence-electron chi connectivity index (χ1n) is 6.81. The van der Waals surface area contributed by atoms with Crippen LogP contribution < -0.4 is 5.73 Å². The average molecular weight is 224 g/mol. The summed E-state index contributed by atoms with van der Waals surface area (Å²) in [6, 6.07) is 0.0311. The predicted octanol–water partition coefficient (Wildman–Crippen LogP) is 1.91. The molecule has 0 spiro atoms. The molecule has 3 nitrogen and oxygen atoms in total. The van der Waals surface area contributed by atoms with Crippen molar-refractivity contribution in [1.82, 2.24) is 4.90 Å². The lowest BCUT2D eigenvalue weighted by Crippen LogP contribution is -2.41. The zero-order valence-corrected chi connectivity index (χ0v) is 10.2. The Balaban J connectivity index is 1.73. The van der Waals surface area contributed by atoms with Crippen LogP contribution in [-0.2, 0) is 4.79 Å². The number of rotatable bonds is 4. The van der Waals surface area contributed by atoms with Crippen molar-refractivity contribution < 1.29 is 4.79 Å². The highest BCUT2D eigenvalue weighted by atomic mass is 16.1. The minimum atomic E-state index is -0.124. The Hall–Kier alpha value is -0.570. The smallest absolute Gasteiger partial charge is 0.234 e. The number of carbonyl (C=O) groups excluding carboxylic acids is 1. The monoisotopic (exact) mass is 224 g/mol. The van der Waals surface area contributed by atoms with Crippen LogP contribution >= 0.6 is 0 Å². The molecule has 0 unspecified atom stereocenters. The largest absolute Gasteiger partial charge is 0.368 e. The number of amides is 1. The molecule has 2 aliphatic rings. The molecule has 0 aromatic heterocycles. The lowest BCUT2D eigenvalue weighted by Gasteiger charge is -2.26. The van der Waals surface area contributed by atoms with E-state index in [0.717, 1.165) is 31.8 Å². The van der Waals surface area contributed by atoms with E-state index in [2.05, 4.69) is 4.90 Å². The molecule has 1 amide bonds. The van der Waals surface area contributed by atoms with Crippen LogP contribution in [0.3, 0.4) is 0 Å². The van der Waals surface area contributed by atoms with Gasteiger partial charge >= 0.3 is 0 Å². The fourth-order valence-electron chi connectivity index (χ4n) is 3.24. The minimum Gasteiger partial charge on any atom is -0.368 e. The van der Waals surface area contributed by atoms with Crippen LogP contribution in [0.25, 0.3) is 0 Å². The Kier molecular flexibility index (Phi) is 4.22. The van der Waals surface area contributed by atoms with Crippen molar-refractivity contribution in [2.45, 2.75) is 57.4 Å². The molecule has 2 fully saturated rings. The highest BCUT2D eigenvalue weighted by Crippen LogP contribution is 2.27. The fourth-order valence-corrected chi connectivity index (χ4v) is 3.24. The summed E-state index contributed by atoms with van der Waals surface area (Å²) >= 11 is 0. The van der Waals surface area contributed by atoms with E-state index >= 15 is 0 Å². The van der Waals surface area contributed by atoms with Gasteiger partial charge in [0.05, 0.1) is 6.04 Å². The molecule has 92 valence electrons. The maximum atomic E-state index is 11.2. The van der Waals surface area contributed by atoms with E-state index in [4.69, 9.17) is 5.73 Å². The second kappa shape index (κ2) is 5.67. The second-order valence-electron chi connectivity index (χ2n) is 5.39. The van der Waals surface area contributed by atoms with Gasteiger partial charge in [-0.3, -0.25) is 9.69 Å². The fraction of sp³-hybridized carbons (Fsp3) is 0.923. The van der Waals surface area contributed by atoms with Gasteiger partial charge in [0.25, 0.3) is 0 Å².